The number of hydrogen-bond acceptors (Lipinski definition) is 5. The Kier molecular flexibility index (Phi) is 5.62. The molecule has 0 aliphatic carbocycles. The summed E-state index contributed by atoms with van der Waals surface area (Å²) in [6, 6.07) is 19.7. The minimum atomic E-state index is -4.42. The van der Waals surface area contributed by atoms with Crippen molar-refractivity contribution in [1.29, 1.82) is 0 Å². The number of alkyl halides is 3. The molecular weight excluding hydrogens is 461 g/mol. The molecular formula is C25H17F3N4OS. The Morgan fingerprint density at radius 1 is 0.941 bits per heavy atom. The maximum atomic E-state index is 12.9. The summed E-state index contributed by atoms with van der Waals surface area (Å²) in [4.78, 5) is 21.5. The van der Waals surface area contributed by atoms with Crippen LogP contribution in [0.2, 0.25) is 0 Å². The number of anilines is 2. The van der Waals surface area contributed by atoms with E-state index >= 15 is 0 Å². The van der Waals surface area contributed by atoms with Crippen LogP contribution in [0.3, 0.4) is 0 Å². The predicted octanol–water partition coefficient (Wildman–Crippen LogP) is 6.54. The number of pyridine rings is 1. The van der Waals surface area contributed by atoms with Gasteiger partial charge in [-0.2, -0.15) is 13.2 Å². The van der Waals surface area contributed by atoms with Crippen LogP contribution in [0.25, 0.3) is 21.1 Å². The monoisotopic (exact) mass is 478 g/mol. The lowest BCUT2D eigenvalue weighted by Gasteiger charge is -2.09. The number of thiazole rings is 1. The maximum Gasteiger partial charge on any atom is 0.416 e. The molecule has 0 unspecified atom stereocenters. The molecule has 170 valence electrons. The number of rotatable bonds is 5. The number of carbonyl (C=O) groups is 1. The third kappa shape index (κ3) is 4.69. The maximum absolute atomic E-state index is 12.9. The van der Waals surface area contributed by atoms with Crippen LogP contribution in [0, 0.1) is 0 Å². The molecule has 3 aromatic carbocycles. The molecule has 0 aliphatic rings. The van der Waals surface area contributed by atoms with E-state index in [9.17, 15) is 18.0 Å². The van der Waals surface area contributed by atoms with Gasteiger partial charge in [-0.05, 0) is 60.2 Å². The first-order valence-corrected chi connectivity index (χ1v) is 11.1. The average Bonchev–Trinajstić information content (AvgIpc) is 3.23. The lowest BCUT2D eigenvalue weighted by atomic mass is 10.1. The highest BCUT2D eigenvalue weighted by Crippen LogP contribution is 2.31. The zero-order valence-electron chi connectivity index (χ0n) is 17.6. The topological polar surface area (TPSA) is 66.9 Å². The molecule has 0 atom stereocenters. The van der Waals surface area contributed by atoms with Crippen LogP contribution in [0.15, 0.2) is 79.0 Å². The van der Waals surface area contributed by atoms with Crippen molar-refractivity contribution in [2.45, 2.75) is 12.7 Å². The van der Waals surface area contributed by atoms with E-state index in [2.05, 4.69) is 20.6 Å². The molecule has 0 saturated carbocycles. The Morgan fingerprint density at radius 3 is 2.65 bits per heavy atom. The van der Waals surface area contributed by atoms with E-state index in [1.165, 1.54) is 17.4 Å². The molecule has 2 aromatic heterocycles. The Balaban J connectivity index is 1.29. The Hall–Kier alpha value is -3.98. The number of benzene rings is 3. The largest absolute Gasteiger partial charge is 0.416 e. The molecule has 5 aromatic rings. The number of nitrogens with one attached hydrogen (secondary N) is 2. The first kappa shape index (κ1) is 21.8. The number of amides is 1. The molecule has 0 aliphatic heterocycles. The summed E-state index contributed by atoms with van der Waals surface area (Å²) < 4.78 is 39.5. The molecule has 0 spiro atoms. The summed E-state index contributed by atoms with van der Waals surface area (Å²) >= 11 is 1.41. The summed E-state index contributed by atoms with van der Waals surface area (Å²) in [5.41, 5.74) is 2.56. The van der Waals surface area contributed by atoms with Gasteiger partial charge in [-0.15, -0.1) is 0 Å². The van der Waals surface area contributed by atoms with Crippen LogP contribution in [0.5, 0.6) is 0 Å². The van der Waals surface area contributed by atoms with E-state index in [1.54, 1.807) is 30.5 Å². The van der Waals surface area contributed by atoms with Gasteiger partial charge in [0.1, 0.15) is 0 Å². The molecule has 2 N–H and O–H groups in total. The summed E-state index contributed by atoms with van der Waals surface area (Å²) in [5.74, 6) is -0.371. The van der Waals surface area contributed by atoms with Crippen molar-refractivity contribution in [2.24, 2.45) is 0 Å². The van der Waals surface area contributed by atoms with E-state index in [4.69, 9.17) is 0 Å². The number of carbonyl (C=O) groups excluding carboxylic acids is 1. The Labute approximate surface area is 196 Å². The first-order chi connectivity index (χ1) is 16.3. The molecule has 9 heteroatoms. The molecule has 0 bridgehead atoms. The number of hydrogen-bond donors (Lipinski definition) is 2. The van der Waals surface area contributed by atoms with Crippen molar-refractivity contribution in [3.8, 4) is 0 Å². The minimum Gasteiger partial charge on any atom is -0.348 e. The summed E-state index contributed by atoms with van der Waals surface area (Å²) in [6.45, 7) is -0.00684. The fourth-order valence-electron chi connectivity index (χ4n) is 3.54. The lowest BCUT2D eigenvalue weighted by Crippen LogP contribution is -2.22. The van der Waals surface area contributed by atoms with E-state index in [0.29, 0.717) is 16.3 Å². The molecule has 34 heavy (non-hydrogen) atoms. The minimum absolute atomic E-state index is 0.00684. The number of nitrogens with zero attached hydrogens (tertiary/aromatic N) is 2. The second kappa shape index (κ2) is 8.75. The summed E-state index contributed by atoms with van der Waals surface area (Å²) in [5, 5.41) is 7.65. The summed E-state index contributed by atoms with van der Waals surface area (Å²) in [6.07, 6.45) is -2.68. The van der Waals surface area contributed by atoms with Crippen LogP contribution in [0.4, 0.5) is 24.0 Å². The van der Waals surface area contributed by atoms with Crippen LogP contribution < -0.4 is 10.6 Å². The van der Waals surface area contributed by atoms with E-state index in [0.717, 1.165) is 38.9 Å². The second-order valence-corrected chi connectivity index (χ2v) is 8.65. The van der Waals surface area contributed by atoms with E-state index in [-0.39, 0.29) is 12.5 Å². The van der Waals surface area contributed by atoms with Crippen molar-refractivity contribution in [3.63, 3.8) is 0 Å². The van der Waals surface area contributed by atoms with Gasteiger partial charge in [0.25, 0.3) is 5.91 Å². The smallest absolute Gasteiger partial charge is 0.348 e. The normalized spacial score (nSPS) is 11.6. The van der Waals surface area contributed by atoms with Crippen LogP contribution in [-0.2, 0) is 12.7 Å². The van der Waals surface area contributed by atoms with Gasteiger partial charge in [0, 0.05) is 29.4 Å². The quantitative estimate of drug-likeness (QED) is 0.301. The number of aromatic nitrogens is 2. The first-order valence-electron chi connectivity index (χ1n) is 10.3. The predicted molar refractivity (Wildman–Crippen MR) is 127 cm³/mol. The highest BCUT2D eigenvalue weighted by molar-refractivity contribution is 7.22. The third-order valence-electron chi connectivity index (χ3n) is 5.21. The lowest BCUT2D eigenvalue weighted by molar-refractivity contribution is -0.137. The van der Waals surface area contributed by atoms with Crippen molar-refractivity contribution >= 4 is 49.2 Å². The van der Waals surface area contributed by atoms with Gasteiger partial charge in [-0.3, -0.25) is 9.78 Å². The Bertz CT molecular complexity index is 1510. The van der Waals surface area contributed by atoms with Crippen LogP contribution >= 0.6 is 11.3 Å². The zero-order valence-corrected chi connectivity index (χ0v) is 18.4. The molecule has 0 saturated heterocycles. The zero-order chi connectivity index (χ0) is 23.7. The fourth-order valence-corrected chi connectivity index (χ4v) is 4.46. The standard InChI is InChI=1S/C25H17F3N4OS/c26-25(27,28)18-5-1-3-15(11-18)14-30-23(33)17-6-8-21-22(13-17)34-24(32-21)31-19-7-9-20-16(12-19)4-2-10-29-20/h1-13H,14H2,(H,30,33)(H,31,32). The van der Waals surface area contributed by atoms with Gasteiger partial charge < -0.3 is 10.6 Å². The third-order valence-corrected chi connectivity index (χ3v) is 6.15. The Morgan fingerprint density at radius 2 is 1.79 bits per heavy atom. The van der Waals surface area contributed by atoms with Crippen molar-refractivity contribution in [3.05, 3.63) is 95.7 Å². The molecule has 0 fully saturated rings. The van der Waals surface area contributed by atoms with Gasteiger partial charge in [0.15, 0.2) is 5.13 Å². The molecule has 0 radical (unpaired) electrons. The molecule has 5 rings (SSSR count). The van der Waals surface area contributed by atoms with Gasteiger partial charge in [0.2, 0.25) is 0 Å². The van der Waals surface area contributed by atoms with Crippen LogP contribution in [-0.4, -0.2) is 15.9 Å². The average molecular weight is 478 g/mol. The number of halogens is 3. The van der Waals surface area contributed by atoms with Gasteiger partial charge in [0.05, 0.1) is 21.3 Å². The SMILES string of the molecule is O=C(NCc1cccc(C(F)(F)F)c1)c1ccc2nc(Nc3ccc4ncccc4c3)sc2c1. The molecule has 5 nitrogen and oxygen atoms in total. The fraction of sp³-hybridized carbons (Fsp3) is 0.0800. The molecule has 1 amide bonds. The van der Waals surface area contributed by atoms with Crippen molar-refractivity contribution < 1.29 is 18.0 Å². The van der Waals surface area contributed by atoms with Crippen molar-refractivity contribution in [2.75, 3.05) is 5.32 Å². The van der Waals surface area contributed by atoms with Gasteiger partial charge in [-0.25, -0.2) is 4.98 Å². The van der Waals surface area contributed by atoms with E-state index < -0.39 is 11.7 Å². The van der Waals surface area contributed by atoms with Gasteiger partial charge in [-0.1, -0.05) is 29.5 Å². The highest BCUT2D eigenvalue weighted by Gasteiger charge is 2.30. The summed E-state index contributed by atoms with van der Waals surface area (Å²) in [7, 11) is 0. The second-order valence-electron chi connectivity index (χ2n) is 7.62. The van der Waals surface area contributed by atoms with Crippen LogP contribution in [0.1, 0.15) is 21.5 Å². The van der Waals surface area contributed by atoms with Crippen molar-refractivity contribution in [1.82, 2.24) is 15.3 Å². The number of fused-ring (bicyclic) bond motifs is 2. The molecule has 2 heterocycles. The highest BCUT2D eigenvalue weighted by atomic mass is 32.1. The van der Waals surface area contributed by atoms with Gasteiger partial charge >= 0.3 is 6.18 Å². The van der Waals surface area contributed by atoms with E-state index in [1.807, 2.05) is 30.3 Å².